The molecule has 0 aliphatic carbocycles. The topological polar surface area (TPSA) is 60.2 Å². The first-order chi connectivity index (χ1) is 11.5. The zero-order valence-corrected chi connectivity index (χ0v) is 13.8. The van der Waals surface area contributed by atoms with Gasteiger partial charge in [0, 0.05) is 5.69 Å². The molecular formula is C17H16F3N3O2. The van der Waals surface area contributed by atoms with Gasteiger partial charge in [-0.15, -0.1) is 13.2 Å². The number of aryl methyl sites for hydroxylation is 1. The Hall–Kier alpha value is -2.61. The zero-order valence-electron chi connectivity index (χ0n) is 13.8. The molecule has 0 aliphatic heterocycles. The van der Waals surface area contributed by atoms with Gasteiger partial charge in [0.1, 0.15) is 22.7 Å². The number of benzene rings is 1. The van der Waals surface area contributed by atoms with E-state index in [1.807, 2.05) is 0 Å². The maximum absolute atomic E-state index is 12.3. The van der Waals surface area contributed by atoms with Crippen LogP contribution in [0, 0.1) is 6.92 Å². The van der Waals surface area contributed by atoms with Crippen molar-refractivity contribution in [2.24, 2.45) is 0 Å². The Morgan fingerprint density at radius 1 is 1.00 bits per heavy atom. The highest BCUT2D eigenvalue weighted by Crippen LogP contribution is 2.27. The van der Waals surface area contributed by atoms with Crippen molar-refractivity contribution in [2.75, 3.05) is 0 Å². The van der Waals surface area contributed by atoms with E-state index < -0.39 is 12.0 Å². The van der Waals surface area contributed by atoms with Gasteiger partial charge in [-0.3, -0.25) is 4.57 Å². The van der Waals surface area contributed by atoms with Crippen molar-refractivity contribution in [1.29, 1.82) is 0 Å². The van der Waals surface area contributed by atoms with E-state index in [0.29, 0.717) is 28.4 Å². The normalized spacial score (nSPS) is 12.6. The van der Waals surface area contributed by atoms with Crippen LogP contribution in [-0.4, -0.2) is 26.0 Å². The molecule has 0 aliphatic rings. The number of halogens is 3. The fourth-order valence-electron chi connectivity index (χ4n) is 2.52. The Morgan fingerprint density at radius 2 is 1.64 bits per heavy atom. The van der Waals surface area contributed by atoms with Crippen LogP contribution in [0.2, 0.25) is 0 Å². The van der Waals surface area contributed by atoms with Gasteiger partial charge in [0.05, 0.1) is 5.69 Å². The standard InChI is InChI=1S/C17H16F3N3O2/c1-10-21-13-8-9-14(16(2,3)24)22-15(13)23(10)11-4-6-12(7-5-11)25-17(18,19)20/h4-9,24H,1-3H3. The second-order valence-corrected chi connectivity index (χ2v) is 6.13. The van der Waals surface area contributed by atoms with Crippen LogP contribution in [0.1, 0.15) is 25.4 Å². The Kier molecular flexibility index (Phi) is 3.95. The van der Waals surface area contributed by atoms with Crippen LogP contribution in [-0.2, 0) is 5.60 Å². The summed E-state index contributed by atoms with van der Waals surface area (Å²) in [5.74, 6) is 0.323. The molecule has 1 aromatic carbocycles. The Labute approximate surface area is 141 Å². The molecule has 0 fully saturated rings. The van der Waals surface area contributed by atoms with Crippen molar-refractivity contribution in [3.8, 4) is 11.4 Å². The van der Waals surface area contributed by atoms with Crippen molar-refractivity contribution in [2.45, 2.75) is 32.7 Å². The fraction of sp³-hybridized carbons (Fsp3) is 0.294. The SMILES string of the molecule is Cc1nc2ccc(C(C)(C)O)nc2n1-c1ccc(OC(F)(F)F)cc1. The number of aromatic nitrogens is 3. The molecule has 0 spiro atoms. The quantitative estimate of drug-likeness (QED) is 0.779. The van der Waals surface area contributed by atoms with E-state index in [4.69, 9.17) is 0 Å². The molecule has 0 unspecified atom stereocenters. The number of nitrogens with zero attached hydrogens (tertiary/aromatic N) is 3. The average molecular weight is 351 g/mol. The lowest BCUT2D eigenvalue weighted by atomic mass is 10.1. The molecule has 1 N–H and O–H groups in total. The first-order valence-electron chi connectivity index (χ1n) is 7.50. The Morgan fingerprint density at radius 3 is 2.20 bits per heavy atom. The van der Waals surface area contributed by atoms with Crippen molar-refractivity contribution in [1.82, 2.24) is 14.5 Å². The van der Waals surface area contributed by atoms with E-state index in [1.165, 1.54) is 24.3 Å². The van der Waals surface area contributed by atoms with Gasteiger partial charge in [0.15, 0.2) is 5.65 Å². The van der Waals surface area contributed by atoms with E-state index in [2.05, 4.69) is 14.7 Å². The Balaban J connectivity index is 2.07. The molecule has 0 amide bonds. The second-order valence-electron chi connectivity index (χ2n) is 6.13. The summed E-state index contributed by atoms with van der Waals surface area (Å²) in [6, 6.07) is 8.89. The lowest BCUT2D eigenvalue weighted by Gasteiger charge is -2.16. The predicted molar refractivity (Wildman–Crippen MR) is 85.5 cm³/mol. The molecule has 25 heavy (non-hydrogen) atoms. The highest BCUT2D eigenvalue weighted by molar-refractivity contribution is 5.74. The van der Waals surface area contributed by atoms with Crippen molar-refractivity contribution < 1.29 is 23.0 Å². The minimum Gasteiger partial charge on any atom is -0.406 e. The molecule has 3 rings (SSSR count). The summed E-state index contributed by atoms with van der Waals surface area (Å²) in [5.41, 5.74) is 1.08. The smallest absolute Gasteiger partial charge is 0.406 e. The molecule has 8 heteroatoms. The first kappa shape index (κ1) is 17.2. The third-order valence-electron chi connectivity index (χ3n) is 3.63. The molecular weight excluding hydrogens is 335 g/mol. The lowest BCUT2D eigenvalue weighted by molar-refractivity contribution is -0.274. The highest BCUT2D eigenvalue weighted by Gasteiger charge is 2.31. The molecule has 0 saturated carbocycles. The van der Waals surface area contributed by atoms with Gasteiger partial charge in [-0.2, -0.15) is 0 Å². The molecule has 2 heterocycles. The van der Waals surface area contributed by atoms with Gasteiger partial charge < -0.3 is 9.84 Å². The first-order valence-corrected chi connectivity index (χ1v) is 7.50. The van der Waals surface area contributed by atoms with E-state index >= 15 is 0 Å². The third kappa shape index (κ3) is 3.58. The maximum Gasteiger partial charge on any atom is 0.573 e. The average Bonchev–Trinajstić information content (AvgIpc) is 2.80. The molecule has 0 saturated heterocycles. The van der Waals surface area contributed by atoms with Crippen LogP contribution in [0.4, 0.5) is 13.2 Å². The zero-order chi connectivity index (χ0) is 18.4. The largest absolute Gasteiger partial charge is 0.573 e. The number of fused-ring (bicyclic) bond motifs is 1. The molecule has 3 aromatic rings. The summed E-state index contributed by atoms with van der Waals surface area (Å²) in [6.07, 6.45) is -4.73. The third-order valence-corrected chi connectivity index (χ3v) is 3.63. The van der Waals surface area contributed by atoms with E-state index in [9.17, 15) is 18.3 Å². The summed E-state index contributed by atoms with van der Waals surface area (Å²) >= 11 is 0. The number of ether oxygens (including phenoxy) is 1. The fourth-order valence-corrected chi connectivity index (χ4v) is 2.52. The van der Waals surface area contributed by atoms with Crippen molar-refractivity contribution >= 4 is 11.2 Å². The van der Waals surface area contributed by atoms with Crippen LogP contribution in [0.3, 0.4) is 0 Å². The summed E-state index contributed by atoms with van der Waals surface area (Å²) < 4.78 is 42.4. The van der Waals surface area contributed by atoms with Gasteiger partial charge in [-0.05, 0) is 57.2 Å². The molecule has 0 bridgehead atoms. The van der Waals surface area contributed by atoms with Gasteiger partial charge in [-0.25, -0.2) is 9.97 Å². The number of pyridine rings is 1. The van der Waals surface area contributed by atoms with E-state index in [-0.39, 0.29) is 5.75 Å². The van der Waals surface area contributed by atoms with Crippen LogP contribution in [0.25, 0.3) is 16.9 Å². The molecule has 5 nitrogen and oxygen atoms in total. The lowest BCUT2D eigenvalue weighted by Crippen LogP contribution is -2.17. The molecule has 2 aromatic heterocycles. The van der Waals surface area contributed by atoms with Crippen LogP contribution < -0.4 is 4.74 Å². The minimum atomic E-state index is -4.73. The van der Waals surface area contributed by atoms with Gasteiger partial charge in [0.25, 0.3) is 0 Å². The van der Waals surface area contributed by atoms with Gasteiger partial charge >= 0.3 is 6.36 Å². The van der Waals surface area contributed by atoms with Crippen LogP contribution in [0.15, 0.2) is 36.4 Å². The summed E-state index contributed by atoms with van der Waals surface area (Å²) in [4.78, 5) is 8.87. The van der Waals surface area contributed by atoms with Crippen LogP contribution >= 0.6 is 0 Å². The minimum absolute atomic E-state index is 0.302. The molecule has 0 atom stereocenters. The maximum atomic E-state index is 12.3. The molecule has 0 radical (unpaired) electrons. The number of hydrogen-bond donors (Lipinski definition) is 1. The summed E-state index contributed by atoms with van der Waals surface area (Å²) in [6.45, 7) is 5.02. The molecule has 132 valence electrons. The predicted octanol–water partition coefficient (Wildman–Crippen LogP) is 3.85. The summed E-state index contributed by atoms with van der Waals surface area (Å²) in [5, 5.41) is 10.1. The van der Waals surface area contributed by atoms with E-state index in [0.717, 1.165) is 0 Å². The number of imidazole rings is 1. The van der Waals surface area contributed by atoms with Crippen molar-refractivity contribution in [3.63, 3.8) is 0 Å². The number of rotatable bonds is 3. The van der Waals surface area contributed by atoms with Crippen molar-refractivity contribution in [3.05, 3.63) is 47.9 Å². The number of aliphatic hydroxyl groups is 1. The number of alkyl halides is 3. The van der Waals surface area contributed by atoms with Crippen LogP contribution in [0.5, 0.6) is 5.75 Å². The van der Waals surface area contributed by atoms with Gasteiger partial charge in [-0.1, -0.05) is 0 Å². The number of hydrogen-bond acceptors (Lipinski definition) is 4. The summed E-state index contributed by atoms with van der Waals surface area (Å²) in [7, 11) is 0. The Bertz CT molecular complexity index is 910. The van der Waals surface area contributed by atoms with E-state index in [1.54, 1.807) is 37.5 Å². The highest BCUT2D eigenvalue weighted by atomic mass is 19.4. The van der Waals surface area contributed by atoms with Gasteiger partial charge in [0.2, 0.25) is 0 Å². The monoisotopic (exact) mass is 351 g/mol. The second kappa shape index (κ2) is 5.73.